The van der Waals surface area contributed by atoms with E-state index >= 15 is 0 Å². The van der Waals surface area contributed by atoms with Crippen molar-refractivity contribution in [2.24, 2.45) is 7.05 Å². The lowest BCUT2D eigenvalue weighted by molar-refractivity contribution is 0.475. The van der Waals surface area contributed by atoms with Crippen LogP contribution >= 0.6 is 0 Å². The molecule has 0 aliphatic heterocycles. The van der Waals surface area contributed by atoms with E-state index < -0.39 is 0 Å². The van der Waals surface area contributed by atoms with Crippen LogP contribution in [0.15, 0.2) is 30.5 Å². The molecule has 90 valence electrons. The molecule has 0 fully saturated rings. The number of aromatic nitrogens is 2. The van der Waals surface area contributed by atoms with Gasteiger partial charge < -0.3 is 10.4 Å². The van der Waals surface area contributed by atoms with Crippen LogP contribution in [0.1, 0.15) is 16.8 Å². The van der Waals surface area contributed by atoms with Crippen LogP contribution in [0.2, 0.25) is 0 Å². The molecule has 1 aromatic carbocycles. The molecule has 2 rings (SSSR count). The van der Waals surface area contributed by atoms with Crippen molar-refractivity contribution in [3.8, 4) is 5.75 Å². The molecule has 0 aliphatic rings. The minimum Gasteiger partial charge on any atom is -0.508 e. The average molecular weight is 231 g/mol. The van der Waals surface area contributed by atoms with Crippen molar-refractivity contribution < 1.29 is 5.11 Å². The SMILES string of the molecule is Cc1nn(C)cc1CNCc1ccc(O)cc1. The predicted octanol–water partition coefficient (Wildman–Crippen LogP) is 1.72. The lowest BCUT2D eigenvalue weighted by Gasteiger charge is -2.04. The van der Waals surface area contributed by atoms with Gasteiger partial charge in [0.1, 0.15) is 5.75 Å². The van der Waals surface area contributed by atoms with Crippen molar-refractivity contribution in [2.45, 2.75) is 20.0 Å². The maximum Gasteiger partial charge on any atom is 0.115 e. The second kappa shape index (κ2) is 5.01. The Morgan fingerprint density at radius 1 is 1.24 bits per heavy atom. The first kappa shape index (κ1) is 11.7. The molecule has 0 aliphatic carbocycles. The Kier molecular flexibility index (Phi) is 3.44. The summed E-state index contributed by atoms with van der Waals surface area (Å²) in [6.07, 6.45) is 2.03. The van der Waals surface area contributed by atoms with Gasteiger partial charge >= 0.3 is 0 Å². The molecule has 0 saturated heterocycles. The molecule has 0 saturated carbocycles. The van der Waals surface area contributed by atoms with Gasteiger partial charge in [0.15, 0.2) is 0 Å². The third-order valence-electron chi connectivity index (χ3n) is 2.70. The summed E-state index contributed by atoms with van der Waals surface area (Å²) in [6, 6.07) is 7.23. The highest BCUT2D eigenvalue weighted by Gasteiger charge is 2.02. The molecule has 4 nitrogen and oxygen atoms in total. The standard InChI is InChI=1S/C13H17N3O/c1-10-12(9-16(2)15-10)8-14-7-11-3-5-13(17)6-4-11/h3-6,9,14,17H,7-8H2,1-2H3. The Morgan fingerprint density at radius 2 is 1.94 bits per heavy atom. The zero-order valence-corrected chi connectivity index (χ0v) is 10.1. The van der Waals surface area contributed by atoms with E-state index in [0.29, 0.717) is 5.75 Å². The van der Waals surface area contributed by atoms with Crippen LogP contribution in [0.3, 0.4) is 0 Å². The molecule has 17 heavy (non-hydrogen) atoms. The Labute approximate surface area is 101 Å². The van der Waals surface area contributed by atoms with Crippen molar-refractivity contribution in [3.05, 3.63) is 47.3 Å². The molecule has 1 heterocycles. The molecule has 2 N–H and O–H groups in total. The summed E-state index contributed by atoms with van der Waals surface area (Å²) in [7, 11) is 1.93. The maximum atomic E-state index is 9.17. The fourth-order valence-electron chi connectivity index (χ4n) is 1.78. The van der Waals surface area contributed by atoms with Gasteiger partial charge in [-0.05, 0) is 24.6 Å². The van der Waals surface area contributed by atoms with E-state index in [4.69, 9.17) is 5.11 Å². The molecular weight excluding hydrogens is 214 g/mol. The Bertz CT molecular complexity index is 488. The molecule has 0 amide bonds. The van der Waals surface area contributed by atoms with Gasteiger partial charge in [0.25, 0.3) is 0 Å². The molecule has 1 aromatic heterocycles. The predicted molar refractivity (Wildman–Crippen MR) is 66.6 cm³/mol. The summed E-state index contributed by atoms with van der Waals surface area (Å²) in [5.41, 5.74) is 3.43. The monoisotopic (exact) mass is 231 g/mol. The van der Waals surface area contributed by atoms with Gasteiger partial charge in [0.2, 0.25) is 0 Å². The minimum absolute atomic E-state index is 0.303. The van der Waals surface area contributed by atoms with Gasteiger partial charge in [-0.2, -0.15) is 5.10 Å². The van der Waals surface area contributed by atoms with Gasteiger partial charge in [0, 0.05) is 31.9 Å². The number of aryl methyl sites for hydroxylation is 2. The molecule has 2 aromatic rings. The number of benzene rings is 1. The summed E-state index contributed by atoms with van der Waals surface area (Å²) >= 11 is 0. The lowest BCUT2D eigenvalue weighted by Crippen LogP contribution is -2.12. The van der Waals surface area contributed by atoms with E-state index in [1.54, 1.807) is 12.1 Å². The normalized spacial score (nSPS) is 10.7. The van der Waals surface area contributed by atoms with Crippen LogP contribution in [-0.4, -0.2) is 14.9 Å². The first-order chi connectivity index (χ1) is 8.15. The van der Waals surface area contributed by atoms with Crippen LogP contribution in [0.4, 0.5) is 0 Å². The molecule has 0 bridgehead atoms. The van der Waals surface area contributed by atoms with Crippen molar-refractivity contribution in [1.29, 1.82) is 0 Å². The third-order valence-corrected chi connectivity index (χ3v) is 2.70. The average Bonchev–Trinajstić information content (AvgIpc) is 2.60. The number of hydrogen-bond acceptors (Lipinski definition) is 3. The number of hydrogen-bond donors (Lipinski definition) is 2. The van der Waals surface area contributed by atoms with Crippen molar-refractivity contribution in [1.82, 2.24) is 15.1 Å². The number of phenolic OH excluding ortho intramolecular Hbond substituents is 1. The van der Waals surface area contributed by atoms with Crippen LogP contribution in [-0.2, 0) is 20.1 Å². The van der Waals surface area contributed by atoms with E-state index in [1.165, 1.54) is 5.56 Å². The second-order valence-electron chi connectivity index (χ2n) is 4.18. The van der Waals surface area contributed by atoms with Gasteiger partial charge in [-0.1, -0.05) is 12.1 Å². The molecular formula is C13H17N3O. The first-order valence-electron chi connectivity index (χ1n) is 5.63. The second-order valence-corrected chi connectivity index (χ2v) is 4.18. The fraction of sp³-hybridized carbons (Fsp3) is 0.308. The van der Waals surface area contributed by atoms with Crippen LogP contribution in [0.5, 0.6) is 5.75 Å². The highest BCUT2D eigenvalue weighted by atomic mass is 16.3. The lowest BCUT2D eigenvalue weighted by atomic mass is 10.2. The van der Waals surface area contributed by atoms with Gasteiger partial charge in [-0.3, -0.25) is 4.68 Å². The van der Waals surface area contributed by atoms with E-state index in [-0.39, 0.29) is 0 Å². The number of aromatic hydroxyl groups is 1. The minimum atomic E-state index is 0.303. The summed E-state index contributed by atoms with van der Waals surface area (Å²) in [5.74, 6) is 0.303. The Morgan fingerprint density at radius 3 is 2.53 bits per heavy atom. The van der Waals surface area contributed by atoms with Gasteiger partial charge in [-0.25, -0.2) is 0 Å². The largest absolute Gasteiger partial charge is 0.508 e. The summed E-state index contributed by atoms with van der Waals surface area (Å²) in [5, 5.41) is 16.8. The van der Waals surface area contributed by atoms with Gasteiger partial charge in [-0.15, -0.1) is 0 Å². The first-order valence-corrected chi connectivity index (χ1v) is 5.63. The van der Waals surface area contributed by atoms with Crippen LogP contribution < -0.4 is 5.32 Å². The van der Waals surface area contributed by atoms with E-state index in [9.17, 15) is 0 Å². The highest BCUT2D eigenvalue weighted by Crippen LogP contribution is 2.10. The molecule has 0 unspecified atom stereocenters. The van der Waals surface area contributed by atoms with E-state index in [1.807, 2.05) is 37.0 Å². The Hall–Kier alpha value is -1.81. The van der Waals surface area contributed by atoms with E-state index in [0.717, 1.165) is 24.3 Å². The maximum absolute atomic E-state index is 9.17. The molecule has 0 atom stereocenters. The number of nitrogens with one attached hydrogen (secondary N) is 1. The fourth-order valence-corrected chi connectivity index (χ4v) is 1.78. The topological polar surface area (TPSA) is 50.1 Å². The molecule has 4 heteroatoms. The molecule has 0 radical (unpaired) electrons. The summed E-state index contributed by atoms with van der Waals surface area (Å²) < 4.78 is 1.83. The third kappa shape index (κ3) is 3.07. The number of phenols is 1. The van der Waals surface area contributed by atoms with Crippen molar-refractivity contribution in [3.63, 3.8) is 0 Å². The smallest absolute Gasteiger partial charge is 0.115 e. The highest BCUT2D eigenvalue weighted by molar-refractivity contribution is 5.25. The van der Waals surface area contributed by atoms with Crippen LogP contribution in [0, 0.1) is 6.92 Å². The van der Waals surface area contributed by atoms with Crippen LogP contribution in [0.25, 0.3) is 0 Å². The molecule has 0 spiro atoms. The quantitative estimate of drug-likeness (QED) is 0.842. The van der Waals surface area contributed by atoms with E-state index in [2.05, 4.69) is 10.4 Å². The number of nitrogens with zero attached hydrogens (tertiary/aromatic N) is 2. The Balaban J connectivity index is 1.87. The zero-order chi connectivity index (χ0) is 12.3. The van der Waals surface area contributed by atoms with Crippen molar-refractivity contribution >= 4 is 0 Å². The summed E-state index contributed by atoms with van der Waals surface area (Å²) in [6.45, 7) is 3.60. The van der Waals surface area contributed by atoms with Crippen molar-refractivity contribution in [2.75, 3.05) is 0 Å². The number of rotatable bonds is 4. The van der Waals surface area contributed by atoms with Gasteiger partial charge in [0.05, 0.1) is 5.69 Å². The summed E-state index contributed by atoms with van der Waals surface area (Å²) in [4.78, 5) is 0. The zero-order valence-electron chi connectivity index (χ0n) is 10.1.